The minimum absolute atomic E-state index is 0.00551. The number of hydrogen-bond donors (Lipinski definition) is 0. The van der Waals surface area contributed by atoms with Gasteiger partial charge in [0, 0.05) is 25.5 Å². The quantitative estimate of drug-likeness (QED) is 0.512. The molecule has 0 aliphatic carbocycles. The number of aromatic nitrogens is 2. The minimum Gasteiger partial charge on any atom is -0.486 e. The van der Waals surface area contributed by atoms with Crippen LogP contribution in [0.15, 0.2) is 73.1 Å². The van der Waals surface area contributed by atoms with Gasteiger partial charge in [-0.05, 0) is 48.2 Å². The van der Waals surface area contributed by atoms with Crippen LogP contribution in [0.2, 0.25) is 0 Å². The fourth-order valence-electron chi connectivity index (χ4n) is 4.03. The molecule has 0 N–H and O–H groups in total. The van der Waals surface area contributed by atoms with Crippen LogP contribution >= 0.6 is 0 Å². The predicted molar refractivity (Wildman–Crippen MR) is 116 cm³/mol. The summed E-state index contributed by atoms with van der Waals surface area (Å²) in [4.78, 5) is 19.8. The summed E-state index contributed by atoms with van der Waals surface area (Å²) in [5, 5.41) is 0. The van der Waals surface area contributed by atoms with Crippen LogP contribution in [0.3, 0.4) is 0 Å². The molecule has 3 heterocycles. The summed E-state index contributed by atoms with van der Waals surface area (Å²) in [5.74, 6) is 0.598. The van der Waals surface area contributed by atoms with Crippen molar-refractivity contribution in [3.05, 3.63) is 101 Å². The van der Waals surface area contributed by atoms with Crippen LogP contribution in [0.5, 0.6) is 5.75 Å². The maximum Gasteiger partial charge on any atom is 0.257 e. The summed E-state index contributed by atoms with van der Waals surface area (Å²) in [6.45, 7) is 3.71. The van der Waals surface area contributed by atoms with Crippen molar-refractivity contribution in [2.75, 3.05) is 6.54 Å². The van der Waals surface area contributed by atoms with Gasteiger partial charge < -0.3 is 14.0 Å². The van der Waals surface area contributed by atoms with Gasteiger partial charge >= 0.3 is 0 Å². The molecule has 0 atom stereocenters. The van der Waals surface area contributed by atoms with E-state index in [1.165, 1.54) is 11.1 Å². The normalized spacial score (nSPS) is 13.3. The zero-order valence-corrected chi connectivity index (χ0v) is 16.9. The maximum absolute atomic E-state index is 13.3. The zero-order valence-electron chi connectivity index (χ0n) is 16.9. The van der Waals surface area contributed by atoms with E-state index in [2.05, 4.69) is 23.2 Å². The number of fused-ring (bicyclic) bond motifs is 2. The number of carbonyl (C=O) groups excluding carboxylic acids is 1. The number of nitrogens with zero attached hydrogens (tertiary/aromatic N) is 3. The highest BCUT2D eigenvalue weighted by atomic mass is 16.5. The number of hydrogen-bond acceptors (Lipinski definition) is 3. The van der Waals surface area contributed by atoms with E-state index in [1.54, 1.807) is 0 Å². The molecule has 1 aliphatic rings. The van der Waals surface area contributed by atoms with Gasteiger partial charge in [0.1, 0.15) is 18.0 Å². The van der Waals surface area contributed by atoms with Crippen LogP contribution in [0.4, 0.5) is 0 Å². The average Bonchev–Trinajstić information content (AvgIpc) is 3.22. The van der Waals surface area contributed by atoms with Crippen molar-refractivity contribution in [2.45, 2.75) is 26.5 Å². The molecular weight excluding hydrogens is 374 g/mol. The number of amides is 1. The fourth-order valence-corrected chi connectivity index (χ4v) is 4.03. The van der Waals surface area contributed by atoms with Gasteiger partial charge in [-0.25, -0.2) is 4.98 Å². The molecule has 0 unspecified atom stereocenters. The Balaban J connectivity index is 1.35. The molecule has 5 nitrogen and oxygen atoms in total. The molecule has 4 aromatic rings. The molecule has 0 radical (unpaired) electrons. The lowest BCUT2D eigenvalue weighted by molar-refractivity contribution is 0.0729. The Morgan fingerprint density at radius 3 is 2.70 bits per heavy atom. The van der Waals surface area contributed by atoms with Gasteiger partial charge in [-0.1, -0.05) is 42.5 Å². The largest absolute Gasteiger partial charge is 0.486 e. The Morgan fingerprint density at radius 1 is 1.03 bits per heavy atom. The Labute approximate surface area is 175 Å². The number of ether oxygens (including phenoxy) is 1. The summed E-state index contributed by atoms with van der Waals surface area (Å²) < 4.78 is 8.05. The fraction of sp³-hybridized carbons (Fsp3) is 0.200. The van der Waals surface area contributed by atoms with E-state index in [1.807, 2.05) is 71.1 Å². The average molecular weight is 397 g/mol. The van der Waals surface area contributed by atoms with E-state index >= 15 is 0 Å². The Bertz CT molecular complexity index is 1230. The summed E-state index contributed by atoms with van der Waals surface area (Å²) in [6, 6.07) is 19.8. The van der Waals surface area contributed by atoms with E-state index in [0.717, 1.165) is 29.9 Å². The number of para-hydroxylation sites is 1. The summed E-state index contributed by atoms with van der Waals surface area (Å²) >= 11 is 0. The first-order valence-electron chi connectivity index (χ1n) is 10.2. The zero-order chi connectivity index (χ0) is 20.5. The smallest absolute Gasteiger partial charge is 0.257 e. The number of imidazole rings is 1. The standard InChI is InChI=1S/C25H23N3O2/c1-18-7-6-13-27-16-21(26-24(18)27)17-30-23-11-5-4-10-22(23)25(29)28-14-12-19-8-2-3-9-20(19)15-28/h2-11,13,16H,12,14-15,17H2,1H3. The Hall–Kier alpha value is -3.60. The molecule has 0 spiro atoms. The lowest BCUT2D eigenvalue weighted by Crippen LogP contribution is -2.36. The number of pyridine rings is 1. The van der Waals surface area contributed by atoms with Crippen molar-refractivity contribution in [1.82, 2.24) is 14.3 Å². The molecule has 0 saturated heterocycles. The van der Waals surface area contributed by atoms with Crippen LogP contribution in [-0.2, 0) is 19.6 Å². The topological polar surface area (TPSA) is 46.8 Å². The van der Waals surface area contributed by atoms with Crippen LogP contribution in [0.25, 0.3) is 5.65 Å². The van der Waals surface area contributed by atoms with Crippen LogP contribution in [0, 0.1) is 6.92 Å². The first kappa shape index (κ1) is 18.4. The Kier molecular flexibility index (Phi) is 4.71. The van der Waals surface area contributed by atoms with Crippen LogP contribution < -0.4 is 4.74 Å². The van der Waals surface area contributed by atoms with Gasteiger partial charge in [-0.3, -0.25) is 4.79 Å². The monoisotopic (exact) mass is 397 g/mol. The van der Waals surface area contributed by atoms with Gasteiger partial charge in [-0.15, -0.1) is 0 Å². The maximum atomic E-state index is 13.3. The molecule has 0 fully saturated rings. The van der Waals surface area contributed by atoms with Crippen LogP contribution in [0.1, 0.15) is 32.7 Å². The van der Waals surface area contributed by atoms with E-state index in [0.29, 0.717) is 24.5 Å². The van der Waals surface area contributed by atoms with Crippen molar-refractivity contribution in [3.8, 4) is 5.75 Å². The third-order valence-electron chi connectivity index (χ3n) is 5.64. The number of benzene rings is 2. The van der Waals surface area contributed by atoms with Crippen molar-refractivity contribution in [3.63, 3.8) is 0 Å². The van der Waals surface area contributed by atoms with Gasteiger partial charge in [0.2, 0.25) is 0 Å². The molecule has 150 valence electrons. The number of rotatable bonds is 4. The molecule has 0 bridgehead atoms. The lowest BCUT2D eigenvalue weighted by atomic mass is 9.99. The first-order chi connectivity index (χ1) is 14.7. The van der Waals surface area contributed by atoms with E-state index in [-0.39, 0.29) is 5.91 Å². The minimum atomic E-state index is 0.00551. The highest BCUT2D eigenvalue weighted by molar-refractivity contribution is 5.97. The molecule has 2 aromatic heterocycles. The van der Waals surface area contributed by atoms with Gasteiger partial charge in [0.25, 0.3) is 5.91 Å². The van der Waals surface area contributed by atoms with Gasteiger partial charge in [0.05, 0.1) is 11.3 Å². The number of aryl methyl sites for hydroxylation is 1. The summed E-state index contributed by atoms with van der Waals surface area (Å²) in [6.07, 6.45) is 4.82. The molecule has 5 rings (SSSR count). The van der Waals surface area contributed by atoms with E-state index < -0.39 is 0 Å². The Morgan fingerprint density at radius 2 is 1.83 bits per heavy atom. The molecule has 0 saturated carbocycles. The predicted octanol–water partition coefficient (Wildman–Crippen LogP) is 4.42. The van der Waals surface area contributed by atoms with Crippen molar-refractivity contribution < 1.29 is 9.53 Å². The van der Waals surface area contributed by atoms with Gasteiger partial charge in [-0.2, -0.15) is 0 Å². The second-order valence-electron chi connectivity index (χ2n) is 7.68. The molecule has 30 heavy (non-hydrogen) atoms. The number of carbonyl (C=O) groups is 1. The second-order valence-corrected chi connectivity index (χ2v) is 7.68. The molecule has 1 amide bonds. The molecule has 2 aromatic carbocycles. The lowest BCUT2D eigenvalue weighted by Gasteiger charge is -2.29. The molecular formula is C25H23N3O2. The third-order valence-corrected chi connectivity index (χ3v) is 5.64. The van der Waals surface area contributed by atoms with Crippen LogP contribution in [-0.4, -0.2) is 26.7 Å². The SMILES string of the molecule is Cc1cccn2cc(COc3ccccc3C(=O)N3CCc4ccccc4C3)nc12. The van der Waals surface area contributed by atoms with Crippen molar-refractivity contribution in [2.24, 2.45) is 0 Å². The molecule has 5 heteroatoms. The van der Waals surface area contributed by atoms with Crippen molar-refractivity contribution >= 4 is 11.6 Å². The third kappa shape index (κ3) is 3.43. The van der Waals surface area contributed by atoms with E-state index in [4.69, 9.17) is 4.74 Å². The second kappa shape index (κ2) is 7.67. The van der Waals surface area contributed by atoms with Crippen molar-refractivity contribution in [1.29, 1.82) is 0 Å². The summed E-state index contributed by atoms with van der Waals surface area (Å²) in [5.41, 5.74) is 6.01. The molecule has 1 aliphatic heterocycles. The summed E-state index contributed by atoms with van der Waals surface area (Å²) in [7, 11) is 0. The highest BCUT2D eigenvalue weighted by Gasteiger charge is 2.23. The highest BCUT2D eigenvalue weighted by Crippen LogP contribution is 2.25. The van der Waals surface area contributed by atoms with E-state index in [9.17, 15) is 4.79 Å². The van der Waals surface area contributed by atoms with Gasteiger partial charge in [0.15, 0.2) is 0 Å². The first-order valence-corrected chi connectivity index (χ1v) is 10.2.